The lowest BCUT2D eigenvalue weighted by Gasteiger charge is -2.10. The number of hydrogen-bond acceptors (Lipinski definition) is 3. The van der Waals surface area contributed by atoms with Gasteiger partial charge in [0.1, 0.15) is 0 Å². The Labute approximate surface area is 182 Å². The molecule has 2 aromatic rings. The Morgan fingerprint density at radius 3 is 2.12 bits per heavy atom. The van der Waals surface area contributed by atoms with Gasteiger partial charge in [0.05, 0.1) is 16.4 Å². The van der Waals surface area contributed by atoms with Gasteiger partial charge >= 0.3 is 0 Å². The van der Waals surface area contributed by atoms with Gasteiger partial charge in [0.15, 0.2) is 0 Å². The summed E-state index contributed by atoms with van der Waals surface area (Å²) in [5.41, 5.74) is 9.95. The molecule has 0 amide bonds. The molecule has 3 nitrogen and oxygen atoms in total. The molecular formula is C21H34IN3S. The molecular weight excluding hydrogens is 453 g/mol. The van der Waals surface area contributed by atoms with Crippen molar-refractivity contribution in [3.05, 3.63) is 54.1 Å². The van der Waals surface area contributed by atoms with E-state index in [4.69, 9.17) is 20.7 Å². The highest BCUT2D eigenvalue weighted by Gasteiger charge is 2.18. The summed E-state index contributed by atoms with van der Waals surface area (Å²) in [6, 6.07) is 16.0. The fourth-order valence-electron chi connectivity index (χ4n) is 2.13. The fraction of sp³-hybridized carbons (Fsp3) is 0.381. The number of likely N-dealkylation sites (N-methyl/N-ethyl adjacent to an activating group) is 1. The second kappa shape index (κ2) is 17.1. The van der Waals surface area contributed by atoms with Crippen LogP contribution in [0.1, 0.15) is 36.0 Å². The van der Waals surface area contributed by atoms with E-state index in [0.717, 1.165) is 22.8 Å². The molecule has 1 heterocycles. The maximum absolute atomic E-state index is 6.24. The number of anilines is 3. The van der Waals surface area contributed by atoms with Crippen molar-refractivity contribution in [2.75, 3.05) is 34.9 Å². The van der Waals surface area contributed by atoms with E-state index in [9.17, 15) is 0 Å². The third-order valence-corrected chi connectivity index (χ3v) is 3.72. The lowest BCUT2D eigenvalue weighted by Crippen LogP contribution is -2.18. The van der Waals surface area contributed by atoms with E-state index in [1.807, 2.05) is 72.1 Å². The van der Waals surface area contributed by atoms with Gasteiger partial charge in [-0.25, -0.2) is 0 Å². The number of halogens is 1. The number of nitrogens with zero attached hydrogens (tertiary/aromatic N) is 1. The summed E-state index contributed by atoms with van der Waals surface area (Å²) >= 11 is 6.85. The van der Waals surface area contributed by atoms with E-state index in [2.05, 4.69) is 28.4 Å². The molecule has 0 radical (unpaired) electrons. The third kappa shape index (κ3) is 8.85. The van der Waals surface area contributed by atoms with E-state index in [0.29, 0.717) is 0 Å². The van der Waals surface area contributed by atoms with Crippen molar-refractivity contribution in [3.8, 4) is 0 Å². The summed E-state index contributed by atoms with van der Waals surface area (Å²) < 4.78 is 12.5. The number of thiocarbonyl (C=S) groups is 1. The summed E-state index contributed by atoms with van der Waals surface area (Å²) in [5, 5.41) is 2.97. The van der Waals surface area contributed by atoms with Crippen LogP contribution in [0.3, 0.4) is 0 Å². The molecule has 0 saturated carbocycles. The van der Waals surface area contributed by atoms with E-state index < -0.39 is 4.88 Å². The van der Waals surface area contributed by atoms with Crippen LogP contribution in [0.25, 0.3) is 0 Å². The Balaban J connectivity index is 0. The van der Waals surface area contributed by atoms with Gasteiger partial charge < -0.3 is 16.0 Å². The molecule has 5 heteroatoms. The van der Waals surface area contributed by atoms with Crippen LogP contribution in [-0.2, 0) is 6.42 Å². The standard InChI is InChI=1S/C9H9NS.C7H10N2.2C2H6.CH3I/c1-10-8-5-3-2-4-7(8)6-9(10)11;1-9-7-5-3-2-4-6(7)8;3*1-2/h2-5H,6H2,1H3;2-5,9H,8H2,1H3;2*1-2H3;1H3/i;;;;1TD. The highest BCUT2D eigenvalue weighted by Crippen LogP contribution is 2.27. The molecule has 26 heavy (non-hydrogen) atoms. The molecule has 146 valence electrons. The Bertz CT molecular complexity index is 667. The summed E-state index contributed by atoms with van der Waals surface area (Å²) in [5.74, 6) is 0. The van der Waals surface area contributed by atoms with Gasteiger partial charge in [-0.2, -0.15) is 0 Å². The Morgan fingerprint density at radius 1 is 1.15 bits per heavy atom. The van der Waals surface area contributed by atoms with Gasteiger partial charge in [-0.05, 0) is 28.6 Å². The number of nitrogens with one attached hydrogen (secondary N) is 1. The van der Waals surface area contributed by atoms with Crippen LogP contribution < -0.4 is 16.0 Å². The lowest BCUT2D eigenvalue weighted by atomic mass is 10.2. The number of fused-ring (bicyclic) bond motifs is 1. The van der Waals surface area contributed by atoms with Crippen LogP contribution in [0.4, 0.5) is 17.1 Å². The second-order valence-corrected chi connectivity index (χ2v) is 5.07. The van der Waals surface area contributed by atoms with E-state index in [-0.39, 0.29) is 0 Å². The summed E-state index contributed by atoms with van der Waals surface area (Å²) in [6.07, 6.45) is 0.933. The highest BCUT2D eigenvalue weighted by atomic mass is 127. The molecule has 0 aliphatic carbocycles. The zero-order chi connectivity index (χ0) is 22.1. The van der Waals surface area contributed by atoms with Crippen molar-refractivity contribution in [3.63, 3.8) is 0 Å². The topological polar surface area (TPSA) is 41.3 Å². The minimum absolute atomic E-state index is 0.697. The van der Waals surface area contributed by atoms with Crippen LogP contribution in [0.15, 0.2) is 48.5 Å². The molecule has 1 atom stereocenters. The van der Waals surface area contributed by atoms with Crippen LogP contribution >= 0.6 is 34.8 Å². The first-order valence-corrected chi connectivity index (χ1v) is 10.4. The smallest absolute Gasteiger partial charge is 0.0866 e. The first-order valence-electron chi connectivity index (χ1n) is 9.87. The molecule has 3 N–H and O–H groups in total. The van der Waals surface area contributed by atoms with Crippen LogP contribution in [0.5, 0.6) is 0 Å². The molecule has 0 spiro atoms. The van der Waals surface area contributed by atoms with Crippen LogP contribution in [0.2, 0.25) is 0 Å². The van der Waals surface area contributed by atoms with Gasteiger partial charge in [-0.1, -0.05) is 92.8 Å². The zero-order valence-corrected chi connectivity index (χ0v) is 19.7. The molecule has 0 saturated heterocycles. The largest absolute Gasteiger partial charge is 0.397 e. The first kappa shape index (κ1) is 22.7. The molecule has 0 aromatic heterocycles. The quantitative estimate of drug-likeness (QED) is 0.210. The second-order valence-electron chi connectivity index (χ2n) is 4.60. The molecule has 0 fully saturated rings. The lowest BCUT2D eigenvalue weighted by molar-refractivity contribution is 1.32. The average molecular weight is 491 g/mol. The number of para-hydroxylation sites is 3. The molecule has 1 aliphatic rings. The molecule has 2 aromatic carbocycles. The maximum Gasteiger partial charge on any atom is 0.0866 e. The minimum Gasteiger partial charge on any atom is -0.397 e. The Morgan fingerprint density at radius 2 is 1.65 bits per heavy atom. The van der Waals surface area contributed by atoms with Gasteiger partial charge in [0.2, 0.25) is 0 Å². The first-order chi connectivity index (χ1) is 13.4. The molecule has 1 aliphatic heterocycles. The highest BCUT2D eigenvalue weighted by molar-refractivity contribution is 14.1. The number of alkyl halides is 1. The maximum atomic E-state index is 6.24. The van der Waals surface area contributed by atoms with Crippen molar-refractivity contribution < 1.29 is 2.74 Å². The van der Waals surface area contributed by atoms with Crippen molar-refractivity contribution in [2.24, 2.45) is 0 Å². The summed E-state index contributed by atoms with van der Waals surface area (Å²) in [7, 11) is 3.87. The van der Waals surface area contributed by atoms with Crippen molar-refractivity contribution in [2.45, 2.75) is 34.1 Å². The van der Waals surface area contributed by atoms with E-state index >= 15 is 0 Å². The van der Waals surface area contributed by atoms with Crippen molar-refractivity contribution >= 4 is 56.9 Å². The van der Waals surface area contributed by atoms with Crippen LogP contribution in [0, 0.1) is 0 Å². The predicted molar refractivity (Wildman–Crippen MR) is 134 cm³/mol. The zero-order valence-electron chi connectivity index (χ0n) is 18.7. The predicted octanol–water partition coefficient (Wildman–Crippen LogP) is 6.42. The van der Waals surface area contributed by atoms with Crippen LogP contribution in [-0.4, -0.2) is 24.0 Å². The third-order valence-electron chi connectivity index (χ3n) is 3.30. The summed E-state index contributed by atoms with van der Waals surface area (Å²) in [6.45, 7) is 8.00. The van der Waals surface area contributed by atoms with Gasteiger partial charge in [-0.15, -0.1) is 0 Å². The van der Waals surface area contributed by atoms with Crippen molar-refractivity contribution in [1.29, 1.82) is 0 Å². The molecule has 3 rings (SSSR count). The Kier molecular flexibility index (Phi) is 14.9. The van der Waals surface area contributed by atoms with Gasteiger partial charge in [0, 0.05) is 28.9 Å². The Hall–Kier alpha value is -1.34. The number of benzene rings is 2. The number of nitrogens with two attached hydrogens (primary N) is 1. The fourth-order valence-corrected chi connectivity index (χ4v) is 2.38. The summed E-state index contributed by atoms with van der Waals surface area (Å²) in [4.78, 5) is 2.40. The van der Waals surface area contributed by atoms with Gasteiger partial charge in [0.25, 0.3) is 0 Å². The minimum atomic E-state index is -0.697. The number of hydrogen-bond donors (Lipinski definition) is 2. The SMILES string of the molecule is CC.CC.CN1C(=S)Cc2ccccc21.CNc1ccccc1N.[2H]C([3H])I. The molecule has 0 bridgehead atoms. The van der Waals surface area contributed by atoms with E-state index in [1.54, 1.807) is 22.6 Å². The number of nitrogen functional groups attached to an aromatic ring is 1. The van der Waals surface area contributed by atoms with Crippen molar-refractivity contribution in [1.82, 2.24) is 0 Å². The number of rotatable bonds is 1. The monoisotopic (exact) mass is 490 g/mol. The van der Waals surface area contributed by atoms with E-state index in [1.165, 1.54) is 11.3 Å². The average Bonchev–Trinajstić information content (AvgIpc) is 3.00. The molecule has 1 unspecified atom stereocenters. The van der Waals surface area contributed by atoms with Gasteiger partial charge in [-0.3, -0.25) is 0 Å². The normalized spacial score (nSPS) is 12.6.